The van der Waals surface area contributed by atoms with Crippen LogP contribution in [-0.4, -0.2) is 36.1 Å². The van der Waals surface area contributed by atoms with Crippen molar-refractivity contribution in [2.75, 3.05) is 6.61 Å². The van der Waals surface area contributed by atoms with Crippen LogP contribution in [0.15, 0.2) is 0 Å². The number of carbonyl (C=O) groups excluding carboxylic acids is 1. The van der Waals surface area contributed by atoms with Gasteiger partial charge in [0, 0.05) is 12.0 Å². The first-order chi connectivity index (χ1) is 6.45. The Bertz CT molecular complexity index is 221. The summed E-state index contributed by atoms with van der Waals surface area (Å²) in [6.45, 7) is 5.09. The molecule has 0 aliphatic carbocycles. The van der Waals surface area contributed by atoms with Crippen LogP contribution in [0.2, 0.25) is 0 Å². The predicted octanol–water partition coefficient (Wildman–Crippen LogP) is 2.12. The maximum Gasteiger partial charge on any atom is 0.410 e. The minimum atomic E-state index is -2.42. The maximum atomic E-state index is 12.5. The molecule has 82 valence electrons. The molecule has 0 spiro atoms. The highest BCUT2D eigenvalue weighted by atomic mass is 19.3. The highest BCUT2D eigenvalue weighted by molar-refractivity contribution is 5.70. The van der Waals surface area contributed by atoms with Crippen molar-refractivity contribution in [3.8, 4) is 0 Å². The van der Waals surface area contributed by atoms with Gasteiger partial charge in [0.05, 0.1) is 6.04 Å². The van der Waals surface area contributed by atoms with Gasteiger partial charge in [0.25, 0.3) is 0 Å². The van der Waals surface area contributed by atoms with Gasteiger partial charge in [0.15, 0.2) is 0 Å². The van der Waals surface area contributed by atoms with Crippen molar-refractivity contribution in [2.24, 2.45) is 5.92 Å². The molecule has 0 aromatic rings. The Hall–Kier alpha value is -0.870. The van der Waals surface area contributed by atoms with Crippen LogP contribution in [0.1, 0.15) is 20.8 Å². The molecule has 1 amide bonds. The SMILES string of the molecule is CC(C(F)F)C1COC(=O)N1C(C)C. The summed E-state index contributed by atoms with van der Waals surface area (Å²) in [7, 11) is 0. The first kappa shape index (κ1) is 11.2. The van der Waals surface area contributed by atoms with Crippen LogP contribution in [0.4, 0.5) is 13.6 Å². The van der Waals surface area contributed by atoms with E-state index in [9.17, 15) is 13.6 Å². The van der Waals surface area contributed by atoms with Gasteiger partial charge in [-0.2, -0.15) is 0 Å². The number of cyclic esters (lactones) is 1. The molecule has 0 N–H and O–H groups in total. The number of hydrogen-bond donors (Lipinski definition) is 0. The average molecular weight is 207 g/mol. The molecule has 3 nitrogen and oxygen atoms in total. The zero-order valence-electron chi connectivity index (χ0n) is 8.54. The molecule has 0 radical (unpaired) electrons. The Balaban J connectivity index is 2.74. The molecule has 0 aromatic heterocycles. The van der Waals surface area contributed by atoms with Crippen molar-refractivity contribution >= 4 is 6.09 Å². The Morgan fingerprint density at radius 1 is 1.43 bits per heavy atom. The number of rotatable bonds is 3. The second kappa shape index (κ2) is 4.11. The van der Waals surface area contributed by atoms with E-state index in [4.69, 9.17) is 4.74 Å². The van der Waals surface area contributed by atoms with E-state index in [2.05, 4.69) is 0 Å². The van der Waals surface area contributed by atoms with Crippen LogP contribution < -0.4 is 0 Å². The molecular formula is C9H15F2NO2. The third kappa shape index (κ3) is 1.96. The van der Waals surface area contributed by atoms with Crippen LogP contribution in [0.25, 0.3) is 0 Å². The summed E-state index contributed by atoms with van der Waals surface area (Å²) in [4.78, 5) is 12.6. The lowest BCUT2D eigenvalue weighted by Crippen LogP contribution is -2.44. The molecule has 1 saturated heterocycles. The van der Waals surface area contributed by atoms with Gasteiger partial charge in [-0.05, 0) is 13.8 Å². The summed E-state index contributed by atoms with van der Waals surface area (Å²) >= 11 is 0. The average Bonchev–Trinajstić information content (AvgIpc) is 2.45. The van der Waals surface area contributed by atoms with Crippen molar-refractivity contribution in [3.05, 3.63) is 0 Å². The van der Waals surface area contributed by atoms with Crippen molar-refractivity contribution in [3.63, 3.8) is 0 Å². The van der Waals surface area contributed by atoms with Crippen molar-refractivity contribution in [1.82, 2.24) is 4.90 Å². The fourth-order valence-corrected chi connectivity index (χ4v) is 1.61. The third-order valence-electron chi connectivity index (χ3n) is 2.51. The van der Waals surface area contributed by atoms with Gasteiger partial charge < -0.3 is 4.74 Å². The lowest BCUT2D eigenvalue weighted by molar-refractivity contribution is 0.0395. The smallest absolute Gasteiger partial charge is 0.410 e. The van der Waals surface area contributed by atoms with Gasteiger partial charge >= 0.3 is 6.09 Å². The molecule has 1 fully saturated rings. The highest BCUT2D eigenvalue weighted by Gasteiger charge is 2.41. The molecular weight excluding hydrogens is 192 g/mol. The van der Waals surface area contributed by atoms with Crippen molar-refractivity contribution in [1.29, 1.82) is 0 Å². The molecule has 2 atom stereocenters. The number of nitrogens with zero attached hydrogens (tertiary/aromatic N) is 1. The van der Waals surface area contributed by atoms with Crippen LogP contribution in [-0.2, 0) is 4.74 Å². The third-order valence-corrected chi connectivity index (χ3v) is 2.51. The molecule has 1 aliphatic heterocycles. The summed E-state index contributed by atoms with van der Waals surface area (Å²) in [5, 5.41) is 0. The lowest BCUT2D eigenvalue weighted by atomic mass is 10.0. The number of carbonyl (C=O) groups is 1. The number of alkyl halides is 2. The molecule has 14 heavy (non-hydrogen) atoms. The van der Waals surface area contributed by atoms with Gasteiger partial charge in [-0.1, -0.05) is 6.92 Å². The van der Waals surface area contributed by atoms with Crippen LogP contribution in [0.3, 0.4) is 0 Å². The Morgan fingerprint density at radius 2 is 2.00 bits per heavy atom. The molecule has 5 heteroatoms. The van der Waals surface area contributed by atoms with Crippen LogP contribution in [0, 0.1) is 5.92 Å². The number of hydrogen-bond acceptors (Lipinski definition) is 2. The van der Waals surface area contributed by atoms with E-state index in [-0.39, 0.29) is 12.6 Å². The van der Waals surface area contributed by atoms with E-state index < -0.39 is 24.5 Å². The molecule has 1 rings (SSSR count). The standard InChI is InChI=1S/C9H15F2NO2/c1-5(2)12-7(4-14-9(12)13)6(3)8(10)11/h5-8H,4H2,1-3H3. The Kier molecular flexibility index (Phi) is 3.29. The quantitative estimate of drug-likeness (QED) is 0.709. The van der Waals surface area contributed by atoms with E-state index >= 15 is 0 Å². The summed E-state index contributed by atoms with van der Waals surface area (Å²) < 4.78 is 29.7. The highest BCUT2D eigenvalue weighted by Crippen LogP contribution is 2.25. The number of amides is 1. The lowest BCUT2D eigenvalue weighted by Gasteiger charge is -2.29. The van der Waals surface area contributed by atoms with Gasteiger partial charge in [-0.25, -0.2) is 13.6 Å². The Labute approximate surface area is 82.0 Å². The van der Waals surface area contributed by atoms with E-state index in [1.165, 1.54) is 11.8 Å². The van der Waals surface area contributed by atoms with Crippen molar-refractivity contribution < 1.29 is 18.3 Å². The normalized spacial score (nSPS) is 24.6. The first-order valence-electron chi connectivity index (χ1n) is 4.68. The number of halogens is 2. The molecule has 0 aromatic carbocycles. The zero-order chi connectivity index (χ0) is 10.9. The first-order valence-corrected chi connectivity index (χ1v) is 4.68. The largest absolute Gasteiger partial charge is 0.447 e. The molecule has 1 aliphatic rings. The fourth-order valence-electron chi connectivity index (χ4n) is 1.61. The number of ether oxygens (including phenoxy) is 1. The minimum absolute atomic E-state index is 0.0719. The monoisotopic (exact) mass is 207 g/mol. The summed E-state index contributed by atoms with van der Waals surface area (Å²) in [5.74, 6) is -0.844. The topological polar surface area (TPSA) is 29.5 Å². The Morgan fingerprint density at radius 3 is 2.43 bits per heavy atom. The minimum Gasteiger partial charge on any atom is -0.447 e. The van der Waals surface area contributed by atoms with Gasteiger partial charge in [0.2, 0.25) is 6.43 Å². The van der Waals surface area contributed by atoms with Crippen LogP contribution in [0.5, 0.6) is 0 Å². The van der Waals surface area contributed by atoms with E-state index in [1.807, 2.05) is 0 Å². The summed E-state index contributed by atoms with van der Waals surface area (Å²) in [6, 6.07) is -0.598. The predicted molar refractivity (Wildman–Crippen MR) is 47.3 cm³/mol. The van der Waals surface area contributed by atoms with Gasteiger partial charge in [0.1, 0.15) is 6.61 Å². The van der Waals surface area contributed by atoms with E-state index in [0.29, 0.717) is 0 Å². The van der Waals surface area contributed by atoms with Crippen LogP contribution >= 0.6 is 0 Å². The van der Waals surface area contributed by atoms with Crippen molar-refractivity contribution in [2.45, 2.75) is 39.3 Å². The van der Waals surface area contributed by atoms with E-state index in [0.717, 1.165) is 0 Å². The molecule has 1 heterocycles. The van der Waals surface area contributed by atoms with E-state index in [1.54, 1.807) is 13.8 Å². The summed E-state index contributed by atoms with van der Waals surface area (Å²) in [5.41, 5.74) is 0. The fraction of sp³-hybridized carbons (Fsp3) is 0.889. The van der Waals surface area contributed by atoms with Gasteiger partial charge in [-0.3, -0.25) is 4.90 Å². The second-order valence-corrected chi connectivity index (χ2v) is 3.84. The molecule has 0 bridgehead atoms. The second-order valence-electron chi connectivity index (χ2n) is 3.84. The van der Waals surface area contributed by atoms with Gasteiger partial charge in [-0.15, -0.1) is 0 Å². The molecule has 2 unspecified atom stereocenters. The maximum absolute atomic E-state index is 12.5. The summed E-state index contributed by atoms with van der Waals surface area (Å²) in [6.07, 6.45) is -2.91. The zero-order valence-corrected chi connectivity index (χ0v) is 8.54. The molecule has 0 saturated carbocycles.